The van der Waals surface area contributed by atoms with Gasteiger partial charge in [-0.25, -0.2) is 4.98 Å². The number of aromatic nitrogens is 3. The van der Waals surface area contributed by atoms with Gasteiger partial charge in [-0.1, -0.05) is 24.3 Å². The fourth-order valence-corrected chi connectivity index (χ4v) is 5.25. The van der Waals surface area contributed by atoms with Crippen LogP contribution in [-0.2, 0) is 31.1 Å². The van der Waals surface area contributed by atoms with Crippen molar-refractivity contribution in [1.29, 1.82) is 0 Å². The molecule has 5 rings (SSSR count). The molecule has 2 aromatic heterocycles. The van der Waals surface area contributed by atoms with Crippen molar-refractivity contribution in [2.45, 2.75) is 45.1 Å². The molecule has 0 aliphatic carbocycles. The van der Waals surface area contributed by atoms with Crippen molar-refractivity contribution in [3.8, 4) is 0 Å². The molecule has 2 aromatic carbocycles. The van der Waals surface area contributed by atoms with Crippen molar-refractivity contribution in [3.05, 3.63) is 114 Å². The van der Waals surface area contributed by atoms with Crippen LogP contribution in [0.1, 0.15) is 41.1 Å². The molecule has 1 fully saturated rings. The average Bonchev–Trinajstić information content (AvgIpc) is 3.39. The number of alkyl halides is 3. The SMILES string of the molecule is Cc1cc(Nc2ccc(CN(C(=O)/C=C/c3ccc(C(F)(F)F)cc3)C3CCN(Cc4nccn4C)CC3)cc2)ccn1. The number of imidazole rings is 1. The van der Waals surface area contributed by atoms with Crippen LogP contribution < -0.4 is 5.32 Å². The summed E-state index contributed by atoms with van der Waals surface area (Å²) < 4.78 is 40.9. The zero-order valence-corrected chi connectivity index (χ0v) is 24.3. The Labute approximate surface area is 249 Å². The van der Waals surface area contributed by atoms with Crippen LogP contribution in [0, 0.1) is 6.92 Å². The number of amides is 1. The number of hydrogen-bond donors (Lipinski definition) is 1. The number of piperidine rings is 1. The lowest BCUT2D eigenvalue weighted by Gasteiger charge is -2.38. The summed E-state index contributed by atoms with van der Waals surface area (Å²) in [4.78, 5) is 26.5. The maximum Gasteiger partial charge on any atom is 0.416 e. The fourth-order valence-electron chi connectivity index (χ4n) is 5.25. The van der Waals surface area contributed by atoms with Crippen LogP contribution in [0.3, 0.4) is 0 Å². The molecule has 1 aliphatic rings. The van der Waals surface area contributed by atoms with E-state index in [0.29, 0.717) is 12.1 Å². The number of pyridine rings is 1. The van der Waals surface area contributed by atoms with E-state index in [2.05, 4.69) is 20.2 Å². The smallest absolute Gasteiger partial charge is 0.355 e. The first-order valence-electron chi connectivity index (χ1n) is 14.3. The molecule has 0 saturated carbocycles. The van der Waals surface area contributed by atoms with Crippen molar-refractivity contribution >= 4 is 23.4 Å². The number of likely N-dealkylation sites (tertiary alicyclic amines) is 1. The summed E-state index contributed by atoms with van der Waals surface area (Å²) in [6.07, 6.45) is 5.75. The van der Waals surface area contributed by atoms with Gasteiger partial charge < -0.3 is 14.8 Å². The Bertz CT molecular complexity index is 1540. The second kappa shape index (κ2) is 13.2. The number of carbonyl (C=O) groups excluding carboxylic acids is 1. The fraction of sp³-hybridized carbons (Fsp3) is 0.303. The first-order valence-corrected chi connectivity index (χ1v) is 14.3. The molecule has 4 aromatic rings. The Morgan fingerprint density at radius 2 is 1.72 bits per heavy atom. The number of benzene rings is 2. The molecule has 3 heterocycles. The minimum Gasteiger partial charge on any atom is -0.355 e. The summed E-state index contributed by atoms with van der Waals surface area (Å²) >= 11 is 0. The van der Waals surface area contributed by atoms with Gasteiger partial charge in [-0.05, 0) is 73.4 Å². The summed E-state index contributed by atoms with van der Waals surface area (Å²) in [6.45, 7) is 4.78. The molecular weight excluding hydrogens is 553 g/mol. The minimum atomic E-state index is -4.40. The lowest BCUT2D eigenvalue weighted by Crippen LogP contribution is -2.46. The van der Waals surface area contributed by atoms with Crippen molar-refractivity contribution in [1.82, 2.24) is 24.3 Å². The molecule has 1 N–H and O–H groups in total. The molecular formula is C33H35F3N6O. The van der Waals surface area contributed by atoms with E-state index in [0.717, 1.165) is 73.1 Å². The normalized spacial score (nSPS) is 14.7. The summed E-state index contributed by atoms with van der Waals surface area (Å²) in [5.74, 6) is 0.832. The number of aryl methyl sites for hydroxylation is 2. The van der Waals surface area contributed by atoms with Crippen molar-refractivity contribution in [2.75, 3.05) is 18.4 Å². The Morgan fingerprint density at radius 3 is 2.35 bits per heavy atom. The molecule has 0 bridgehead atoms. The Hall–Kier alpha value is -4.44. The molecule has 1 aliphatic heterocycles. The van der Waals surface area contributed by atoms with E-state index in [1.54, 1.807) is 18.5 Å². The molecule has 0 unspecified atom stereocenters. The molecule has 1 amide bonds. The topological polar surface area (TPSA) is 66.3 Å². The number of halogens is 3. The predicted molar refractivity (Wildman–Crippen MR) is 161 cm³/mol. The van der Waals surface area contributed by atoms with Gasteiger partial charge in [0.1, 0.15) is 5.82 Å². The quantitative estimate of drug-likeness (QED) is 0.224. The Morgan fingerprint density at radius 1 is 1.00 bits per heavy atom. The second-order valence-electron chi connectivity index (χ2n) is 10.9. The van der Waals surface area contributed by atoms with E-state index in [-0.39, 0.29) is 11.9 Å². The van der Waals surface area contributed by atoms with Gasteiger partial charge in [0.25, 0.3) is 0 Å². The van der Waals surface area contributed by atoms with Crippen molar-refractivity contribution in [3.63, 3.8) is 0 Å². The molecule has 10 heteroatoms. The molecule has 1 saturated heterocycles. The Balaban J connectivity index is 1.29. The number of carbonyl (C=O) groups is 1. The predicted octanol–water partition coefficient (Wildman–Crippen LogP) is 6.59. The van der Waals surface area contributed by atoms with Gasteiger partial charge in [-0.3, -0.25) is 14.7 Å². The number of rotatable bonds is 9. The number of hydrogen-bond acceptors (Lipinski definition) is 5. The summed E-state index contributed by atoms with van der Waals surface area (Å²) in [5, 5.41) is 3.38. The molecule has 0 atom stereocenters. The van der Waals surface area contributed by atoms with Gasteiger partial charge in [0.15, 0.2) is 0 Å². The van der Waals surface area contributed by atoms with Crippen LogP contribution >= 0.6 is 0 Å². The highest BCUT2D eigenvalue weighted by molar-refractivity contribution is 5.92. The lowest BCUT2D eigenvalue weighted by atomic mass is 10.0. The number of nitrogens with one attached hydrogen (secondary N) is 1. The van der Waals surface area contributed by atoms with Crippen molar-refractivity contribution < 1.29 is 18.0 Å². The highest BCUT2D eigenvalue weighted by Crippen LogP contribution is 2.29. The van der Waals surface area contributed by atoms with Crippen molar-refractivity contribution in [2.24, 2.45) is 7.05 Å². The molecule has 7 nitrogen and oxygen atoms in total. The van der Waals surface area contributed by atoms with Crippen LogP contribution in [0.5, 0.6) is 0 Å². The van der Waals surface area contributed by atoms with Crippen LogP contribution in [0.15, 0.2) is 85.3 Å². The minimum absolute atomic E-state index is 0.0278. The first-order chi connectivity index (χ1) is 20.6. The van der Waals surface area contributed by atoms with Crippen LogP contribution in [0.2, 0.25) is 0 Å². The summed E-state index contributed by atoms with van der Waals surface area (Å²) in [6, 6.07) is 16.7. The molecule has 0 radical (unpaired) electrons. The van der Waals surface area contributed by atoms with E-state index < -0.39 is 11.7 Å². The molecule has 0 spiro atoms. The highest BCUT2D eigenvalue weighted by atomic mass is 19.4. The third kappa shape index (κ3) is 8.10. The molecule has 43 heavy (non-hydrogen) atoms. The monoisotopic (exact) mass is 588 g/mol. The van der Waals surface area contributed by atoms with Crippen LogP contribution in [-0.4, -0.2) is 49.4 Å². The second-order valence-corrected chi connectivity index (χ2v) is 10.9. The highest BCUT2D eigenvalue weighted by Gasteiger charge is 2.30. The summed E-state index contributed by atoms with van der Waals surface area (Å²) in [7, 11) is 1.98. The van der Waals surface area contributed by atoms with Gasteiger partial charge in [-0.15, -0.1) is 0 Å². The third-order valence-electron chi connectivity index (χ3n) is 7.72. The van der Waals surface area contributed by atoms with E-state index in [4.69, 9.17) is 0 Å². The first kappa shape index (κ1) is 30.0. The van der Waals surface area contributed by atoms with Gasteiger partial charge in [-0.2, -0.15) is 13.2 Å². The maximum atomic E-state index is 13.6. The van der Waals surface area contributed by atoms with Gasteiger partial charge in [0, 0.05) is 74.5 Å². The largest absolute Gasteiger partial charge is 0.416 e. The Kier molecular flexibility index (Phi) is 9.25. The number of anilines is 2. The van der Waals surface area contributed by atoms with Crippen LogP contribution in [0.25, 0.3) is 6.08 Å². The van der Waals surface area contributed by atoms with Gasteiger partial charge in [0.2, 0.25) is 5.91 Å². The van der Waals surface area contributed by atoms with Gasteiger partial charge in [0.05, 0.1) is 12.1 Å². The third-order valence-corrected chi connectivity index (χ3v) is 7.72. The zero-order valence-electron chi connectivity index (χ0n) is 24.3. The van der Waals surface area contributed by atoms with Gasteiger partial charge >= 0.3 is 6.18 Å². The molecule has 224 valence electrons. The van der Waals surface area contributed by atoms with Crippen LogP contribution in [0.4, 0.5) is 24.5 Å². The average molecular weight is 589 g/mol. The van der Waals surface area contributed by atoms with E-state index >= 15 is 0 Å². The van der Waals surface area contributed by atoms with E-state index in [1.165, 1.54) is 18.2 Å². The number of nitrogens with zero attached hydrogens (tertiary/aromatic N) is 5. The maximum absolute atomic E-state index is 13.6. The lowest BCUT2D eigenvalue weighted by molar-refractivity contribution is -0.137. The summed E-state index contributed by atoms with van der Waals surface area (Å²) in [5.41, 5.74) is 3.61. The van der Waals surface area contributed by atoms with E-state index in [1.807, 2.05) is 66.0 Å². The van der Waals surface area contributed by atoms with E-state index in [9.17, 15) is 18.0 Å². The standard InChI is InChI=1S/C33H35F3N6O/c1-24-21-29(13-16-37-24)39-28-10-5-26(6-11-28)22-42(30-14-18-41(19-15-30)23-31-38-17-20-40(31)2)32(43)12-7-25-3-8-27(9-4-25)33(34,35)36/h3-13,16-17,20-21,30H,14-15,18-19,22-23H2,1-2H3,(H,37,39)/b12-7+. The zero-order chi connectivity index (χ0) is 30.4.